The summed E-state index contributed by atoms with van der Waals surface area (Å²) in [5.41, 5.74) is 1.93. The Morgan fingerprint density at radius 2 is 2.18 bits per heavy atom. The molecule has 11 heavy (non-hydrogen) atoms. The van der Waals surface area contributed by atoms with Gasteiger partial charge in [-0.25, -0.2) is 0 Å². The molecule has 0 heterocycles. The number of rotatable bonds is 0. The van der Waals surface area contributed by atoms with Crippen molar-refractivity contribution in [2.45, 2.75) is 45.4 Å². The molecule has 1 aliphatic rings. The Labute approximate surface area is 74.6 Å². The smallest absolute Gasteiger partial charge is 0.0373 e. The van der Waals surface area contributed by atoms with Gasteiger partial charge < -0.3 is 0 Å². The summed E-state index contributed by atoms with van der Waals surface area (Å²) in [6, 6.07) is 0. The third kappa shape index (κ3) is 1.99. The maximum Gasteiger partial charge on any atom is 0.0373 e. The normalized spacial score (nSPS) is 34.2. The predicted octanol–water partition coefficient (Wildman–Crippen LogP) is 3.75. The molecule has 0 aromatic rings. The fourth-order valence-corrected chi connectivity index (χ4v) is 2.08. The van der Waals surface area contributed by atoms with Crippen LogP contribution in [-0.2, 0) is 0 Å². The molecule has 1 aliphatic carbocycles. The zero-order chi connectivity index (χ0) is 8.48. The van der Waals surface area contributed by atoms with E-state index in [0.717, 1.165) is 6.42 Å². The van der Waals surface area contributed by atoms with Gasteiger partial charge in [0.2, 0.25) is 0 Å². The molecule has 1 fully saturated rings. The highest BCUT2D eigenvalue weighted by Crippen LogP contribution is 2.41. The maximum atomic E-state index is 6.08. The minimum atomic E-state index is 0.384. The van der Waals surface area contributed by atoms with Gasteiger partial charge in [-0.3, -0.25) is 0 Å². The molecule has 0 amide bonds. The van der Waals surface area contributed by atoms with Crippen LogP contribution in [0.4, 0.5) is 0 Å². The van der Waals surface area contributed by atoms with E-state index in [0.29, 0.717) is 10.8 Å². The molecule has 1 unspecified atom stereocenters. The molecule has 0 bridgehead atoms. The number of halogens is 1. The first-order chi connectivity index (χ1) is 5.06. The third-order valence-corrected chi connectivity index (χ3v) is 3.11. The Kier molecular flexibility index (Phi) is 2.64. The van der Waals surface area contributed by atoms with E-state index in [-0.39, 0.29) is 0 Å². The average molecular weight is 173 g/mol. The number of allylic oxidation sites excluding steroid dienone is 2. The monoisotopic (exact) mass is 172 g/mol. The summed E-state index contributed by atoms with van der Waals surface area (Å²) in [5.74, 6) is 0. The number of alkyl halides is 1. The summed E-state index contributed by atoms with van der Waals surface area (Å²) in [6.07, 6.45) is 5.73. The summed E-state index contributed by atoms with van der Waals surface area (Å²) >= 11 is 6.08. The van der Waals surface area contributed by atoms with Gasteiger partial charge in [-0.1, -0.05) is 25.5 Å². The van der Waals surface area contributed by atoms with Crippen molar-refractivity contribution >= 4 is 11.6 Å². The van der Waals surface area contributed by atoms with E-state index in [9.17, 15) is 0 Å². The highest BCUT2D eigenvalue weighted by molar-refractivity contribution is 6.20. The van der Waals surface area contributed by atoms with Gasteiger partial charge in [-0.15, -0.1) is 11.6 Å². The van der Waals surface area contributed by atoms with Gasteiger partial charge in [0.25, 0.3) is 0 Å². The van der Waals surface area contributed by atoms with Crippen molar-refractivity contribution in [2.24, 2.45) is 5.41 Å². The van der Waals surface area contributed by atoms with Gasteiger partial charge in [0.15, 0.2) is 0 Å². The third-order valence-electron chi connectivity index (χ3n) is 2.74. The van der Waals surface area contributed by atoms with Gasteiger partial charge in [0.1, 0.15) is 0 Å². The van der Waals surface area contributed by atoms with Crippen LogP contribution < -0.4 is 0 Å². The van der Waals surface area contributed by atoms with Gasteiger partial charge in [-0.2, -0.15) is 0 Å². The van der Waals surface area contributed by atoms with Crippen LogP contribution in [0.3, 0.4) is 0 Å². The van der Waals surface area contributed by atoms with E-state index in [1.165, 1.54) is 18.4 Å². The van der Waals surface area contributed by atoms with Crippen molar-refractivity contribution in [3.8, 4) is 0 Å². The zero-order valence-corrected chi connectivity index (χ0v) is 8.41. The first-order valence-corrected chi connectivity index (χ1v) is 4.79. The summed E-state index contributed by atoms with van der Waals surface area (Å²) < 4.78 is 0. The lowest BCUT2D eigenvalue weighted by Crippen LogP contribution is -2.24. The molecule has 0 spiro atoms. The van der Waals surface area contributed by atoms with Crippen LogP contribution in [0, 0.1) is 5.41 Å². The van der Waals surface area contributed by atoms with Crippen LogP contribution in [0.25, 0.3) is 0 Å². The highest BCUT2D eigenvalue weighted by atomic mass is 35.5. The molecule has 64 valence electrons. The average Bonchev–Trinajstić information content (AvgIpc) is 1.94. The Balaban J connectivity index is 2.72. The van der Waals surface area contributed by atoms with Crippen molar-refractivity contribution in [1.29, 1.82) is 0 Å². The Bertz CT molecular complexity index is 168. The van der Waals surface area contributed by atoms with Gasteiger partial charge in [-0.05, 0) is 31.6 Å². The van der Waals surface area contributed by atoms with Gasteiger partial charge in [0, 0.05) is 5.38 Å². The molecule has 1 saturated carbocycles. The lowest BCUT2D eigenvalue weighted by Gasteiger charge is -2.35. The van der Waals surface area contributed by atoms with Crippen LogP contribution in [-0.4, -0.2) is 5.38 Å². The second-order valence-corrected chi connectivity index (χ2v) is 4.66. The summed E-state index contributed by atoms with van der Waals surface area (Å²) in [7, 11) is 0. The highest BCUT2D eigenvalue weighted by Gasteiger charge is 2.29. The van der Waals surface area contributed by atoms with Crippen LogP contribution in [0.2, 0.25) is 0 Å². The molecule has 1 atom stereocenters. The summed E-state index contributed by atoms with van der Waals surface area (Å²) in [5, 5.41) is 0.384. The van der Waals surface area contributed by atoms with Crippen molar-refractivity contribution < 1.29 is 0 Å². The first-order valence-electron chi connectivity index (χ1n) is 4.36. The summed E-state index contributed by atoms with van der Waals surface area (Å²) in [6.45, 7) is 6.74. The SMILES string of the molecule is C/C=C1\CC(Cl)CCC1(C)C. The first kappa shape index (κ1) is 9.12. The number of hydrogen-bond donors (Lipinski definition) is 0. The molecule has 0 aromatic heterocycles. The Morgan fingerprint density at radius 3 is 2.64 bits per heavy atom. The van der Waals surface area contributed by atoms with Crippen LogP contribution in [0.15, 0.2) is 11.6 Å². The molecule has 1 heteroatoms. The van der Waals surface area contributed by atoms with E-state index < -0.39 is 0 Å². The molecule has 0 aliphatic heterocycles. The molecule has 0 aromatic carbocycles. The van der Waals surface area contributed by atoms with Crippen LogP contribution in [0.1, 0.15) is 40.0 Å². The van der Waals surface area contributed by atoms with Gasteiger partial charge in [0.05, 0.1) is 0 Å². The van der Waals surface area contributed by atoms with Gasteiger partial charge >= 0.3 is 0 Å². The molecule has 0 nitrogen and oxygen atoms in total. The molecule has 0 saturated heterocycles. The van der Waals surface area contributed by atoms with E-state index in [4.69, 9.17) is 11.6 Å². The Morgan fingerprint density at radius 1 is 1.55 bits per heavy atom. The molecule has 1 rings (SSSR count). The van der Waals surface area contributed by atoms with Crippen molar-refractivity contribution in [3.05, 3.63) is 11.6 Å². The molecule has 0 N–H and O–H groups in total. The van der Waals surface area contributed by atoms with E-state index in [1.54, 1.807) is 0 Å². The van der Waals surface area contributed by atoms with E-state index in [2.05, 4.69) is 26.8 Å². The Hall–Kier alpha value is 0.0300. The van der Waals surface area contributed by atoms with Crippen molar-refractivity contribution in [2.75, 3.05) is 0 Å². The molecular weight excluding hydrogens is 156 g/mol. The number of hydrogen-bond acceptors (Lipinski definition) is 0. The second kappa shape index (κ2) is 3.18. The lowest BCUT2D eigenvalue weighted by atomic mass is 9.73. The molecule has 0 radical (unpaired) electrons. The largest absolute Gasteiger partial charge is 0.123 e. The fourth-order valence-electron chi connectivity index (χ4n) is 1.80. The van der Waals surface area contributed by atoms with Crippen molar-refractivity contribution in [3.63, 3.8) is 0 Å². The molecular formula is C10H17Cl. The fraction of sp³-hybridized carbons (Fsp3) is 0.800. The second-order valence-electron chi connectivity index (χ2n) is 4.04. The maximum absolute atomic E-state index is 6.08. The topological polar surface area (TPSA) is 0 Å². The minimum absolute atomic E-state index is 0.384. The van der Waals surface area contributed by atoms with E-state index in [1.807, 2.05) is 0 Å². The van der Waals surface area contributed by atoms with E-state index >= 15 is 0 Å². The van der Waals surface area contributed by atoms with Crippen LogP contribution >= 0.6 is 11.6 Å². The standard InChI is InChI=1S/C10H17Cl/c1-4-8-7-9(11)5-6-10(8,2)3/h4,9H,5-7H2,1-3H3/b8-4+. The van der Waals surface area contributed by atoms with Crippen molar-refractivity contribution in [1.82, 2.24) is 0 Å². The quantitative estimate of drug-likeness (QED) is 0.386. The zero-order valence-electron chi connectivity index (χ0n) is 7.65. The lowest BCUT2D eigenvalue weighted by molar-refractivity contribution is 0.338. The predicted molar refractivity (Wildman–Crippen MR) is 51.0 cm³/mol. The minimum Gasteiger partial charge on any atom is -0.123 e. The van der Waals surface area contributed by atoms with Crippen LogP contribution in [0.5, 0.6) is 0 Å². The summed E-state index contributed by atoms with van der Waals surface area (Å²) in [4.78, 5) is 0.